The van der Waals surface area contributed by atoms with Gasteiger partial charge in [-0.2, -0.15) is 4.98 Å². The van der Waals surface area contributed by atoms with Crippen LogP contribution in [-0.2, 0) is 6.54 Å². The Kier molecular flexibility index (Phi) is 4.09. The number of aromatic nitrogens is 5. The van der Waals surface area contributed by atoms with E-state index in [2.05, 4.69) is 44.8 Å². The maximum Gasteiger partial charge on any atom is 0.241 e. The average molecular weight is 336 g/mol. The highest BCUT2D eigenvalue weighted by molar-refractivity contribution is 5.44. The van der Waals surface area contributed by atoms with Crippen molar-refractivity contribution in [2.24, 2.45) is 0 Å². The van der Waals surface area contributed by atoms with Gasteiger partial charge in [0, 0.05) is 6.04 Å². The maximum atomic E-state index is 5.25. The molecule has 0 radical (unpaired) electrons. The second-order valence-electron chi connectivity index (χ2n) is 5.53. The second kappa shape index (κ2) is 6.70. The van der Waals surface area contributed by atoms with Crippen molar-refractivity contribution < 1.29 is 8.94 Å². The van der Waals surface area contributed by atoms with Gasteiger partial charge >= 0.3 is 0 Å². The third-order valence-electron chi connectivity index (χ3n) is 3.85. The van der Waals surface area contributed by atoms with Gasteiger partial charge in [-0.1, -0.05) is 22.5 Å². The van der Waals surface area contributed by atoms with Gasteiger partial charge < -0.3 is 14.3 Å². The molecule has 4 rings (SSSR count). The lowest BCUT2D eigenvalue weighted by Gasteiger charge is -2.13. The Bertz CT molecular complexity index is 913. The van der Waals surface area contributed by atoms with Crippen LogP contribution in [0.25, 0.3) is 17.3 Å². The fourth-order valence-electron chi connectivity index (χ4n) is 2.45. The predicted molar refractivity (Wildman–Crippen MR) is 88.6 cm³/mol. The van der Waals surface area contributed by atoms with E-state index < -0.39 is 0 Å². The molecule has 0 spiro atoms. The van der Waals surface area contributed by atoms with Crippen molar-refractivity contribution in [1.29, 1.82) is 0 Å². The first-order valence-electron chi connectivity index (χ1n) is 7.86. The van der Waals surface area contributed by atoms with E-state index in [4.69, 9.17) is 8.94 Å². The molecule has 4 aromatic rings. The minimum atomic E-state index is 0.128. The maximum absolute atomic E-state index is 5.25. The molecule has 0 saturated heterocycles. The van der Waals surface area contributed by atoms with Gasteiger partial charge in [0.15, 0.2) is 5.76 Å². The van der Waals surface area contributed by atoms with Crippen LogP contribution in [0.5, 0.6) is 0 Å². The van der Waals surface area contributed by atoms with Gasteiger partial charge in [-0.15, -0.1) is 5.10 Å². The minimum absolute atomic E-state index is 0.128. The number of hydrogen-bond donors (Lipinski definition) is 1. The summed E-state index contributed by atoms with van der Waals surface area (Å²) in [7, 11) is 0. The molecule has 0 saturated carbocycles. The first-order chi connectivity index (χ1) is 12.3. The van der Waals surface area contributed by atoms with E-state index in [0.29, 0.717) is 24.0 Å². The Labute approximate surface area is 143 Å². The summed E-state index contributed by atoms with van der Waals surface area (Å²) >= 11 is 0. The molecule has 8 nitrogen and oxygen atoms in total. The van der Waals surface area contributed by atoms with Crippen molar-refractivity contribution in [3.8, 4) is 17.3 Å². The number of nitrogens with one attached hydrogen (secondary N) is 1. The molecule has 0 amide bonds. The van der Waals surface area contributed by atoms with Crippen LogP contribution in [0, 0.1) is 0 Å². The summed E-state index contributed by atoms with van der Waals surface area (Å²) in [5.41, 5.74) is 2.11. The molecule has 0 unspecified atom stereocenters. The molecule has 126 valence electrons. The SMILES string of the molecule is C[C@H](NCc1nc(-c2ccco2)no1)c1ccc(-n2ccnn2)cc1. The number of rotatable bonds is 6. The Morgan fingerprint density at radius 3 is 2.80 bits per heavy atom. The summed E-state index contributed by atoms with van der Waals surface area (Å²) in [6, 6.07) is 11.8. The molecule has 8 heteroatoms. The molecule has 1 aromatic carbocycles. The predicted octanol–water partition coefficient (Wildman–Crippen LogP) is 2.76. The molecule has 25 heavy (non-hydrogen) atoms. The molecular weight excluding hydrogens is 320 g/mol. The minimum Gasteiger partial charge on any atom is -0.461 e. The van der Waals surface area contributed by atoms with E-state index >= 15 is 0 Å². The van der Waals surface area contributed by atoms with Crippen molar-refractivity contribution in [2.45, 2.75) is 19.5 Å². The van der Waals surface area contributed by atoms with E-state index in [9.17, 15) is 0 Å². The Hall–Kier alpha value is -3.26. The third-order valence-corrected chi connectivity index (χ3v) is 3.85. The third kappa shape index (κ3) is 3.33. The first kappa shape index (κ1) is 15.3. The van der Waals surface area contributed by atoms with Crippen LogP contribution in [0.3, 0.4) is 0 Å². The van der Waals surface area contributed by atoms with Crippen molar-refractivity contribution in [3.63, 3.8) is 0 Å². The molecule has 1 atom stereocenters. The van der Waals surface area contributed by atoms with E-state index in [1.807, 2.05) is 18.3 Å². The summed E-state index contributed by atoms with van der Waals surface area (Å²) in [6.45, 7) is 2.55. The molecule has 0 bridgehead atoms. The van der Waals surface area contributed by atoms with Gasteiger partial charge in [-0.05, 0) is 36.8 Å². The topological polar surface area (TPSA) is 94.8 Å². The molecule has 1 N–H and O–H groups in total. The van der Waals surface area contributed by atoms with Crippen LogP contribution in [0.4, 0.5) is 0 Å². The van der Waals surface area contributed by atoms with E-state index in [1.54, 1.807) is 29.3 Å². The standard InChI is InChI=1S/C17H16N6O2/c1-12(13-4-6-14(7-5-13)23-9-8-19-22-23)18-11-16-20-17(21-25-16)15-3-2-10-24-15/h2-10,12,18H,11H2,1H3/t12-/m0/s1. The monoisotopic (exact) mass is 336 g/mol. The zero-order chi connectivity index (χ0) is 17.1. The van der Waals surface area contributed by atoms with Gasteiger partial charge in [0.25, 0.3) is 0 Å². The quantitative estimate of drug-likeness (QED) is 0.578. The smallest absolute Gasteiger partial charge is 0.241 e. The lowest BCUT2D eigenvalue weighted by Crippen LogP contribution is -2.18. The van der Waals surface area contributed by atoms with Crippen LogP contribution in [-0.4, -0.2) is 25.1 Å². The highest BCUT2D eigenvalue weighted by Crippen LogP contribution is 2.18. The highest BCUT2D eigenvalue weighted by atomic mass is 16.5. The van der Waals surface area contributed by atoms with Crippen molar-refractivity contribution in [2.75, 3.05) is 0 Å². The van der Waals surface area contributed by atoms with Crippen LogP contribution in [0.2, 0.25) is 0 Å². The van der Waals surface area contributed by atoms with Crippen molar-refractivity contribution >= 4 is 0 Å². The van der Waals surface area contributed by atoms with E-state index in [-0.39, 0.29) is 6.04 Å². The van der Waals surface area contributed by atoms with Crippen LogP contribution in [0.1, 0.15) is 24.4 Å². The summed E-state index contributed by atoms with van der Waals surface area (Å²) in [5.74, 6) is 1.55. The first-order valence-corrected chi connectivity index (χ1v) is 7.86. The number of benzene rings is 1. The lowest BCUT2D eigenvalue weighted by molar-refractivity contribution is 0.360. The van der Waals surface area contributed by atoms with Gasteiger partial charge in [0.2, 0.25) is 11.7 Å². The van der Waals surface area contributed by atoms with E-state index in [0.717, 1.165) is 11.3 Å². The van der Waals surface area contributed by atoms with Crippen LogP contribution in [0.15, 0.2) is 64.0 Å². The van der Waals surface area contributed by atoms with Crippen molar-refractivity contribution in [1.82, 2.24) is 30.5 Å². The summed E-state index contributed by atoms with van der Waals surface area (Å²) in [4.78, 5) is 4.31. The summed E-state index contributed by atoms with van der Waals surface area (Å²) in [5, 5.41) is 15.1. The molecular formula is C17H16N6O2. The molecule has 0 aliphatic carbocycles. The molecule has 3 heterocycles. The van der Waals surface area contributed by atoms with Crippen LogP contribution >= 0.6 is 0 Å². The number of nitrogens with zero attached hydrogens (tertiary/aromatic N) is 5. The zero-order valence-corrected chi connectivity index (χ0v) is 13.5. The summed E-state index contributed by atoms with van der Waals surface area (Å²) in [6.07, 6.45) is 5.04. The molecule has 3 aromatic heterocycles. The van der Waals surface area contributed by atoms with E-state index in [1.165, 1.54) is 0 Å². The Morgan fingerprint density at radius 2 is 2.08 bits per heavy atom. The normalized spacial score (nSPS) is 12.4. The fraction of sp³-hybridized carbons (Fsp3) is 0.176. The fourth-order valence-corrected chi connectivity index (χ4v) is 2.45. The summed E-state index contributed by atoms with van der Waals surface area (Å²) < 4.78 is 12.2. The van der Waals surface area contributed by atoms with Gasteiger partial charge in [0.1, 0.15) is 0 Å². The second-order valence-corrected chi connectivity index (χ2v) is 5.53. The highest BCUT2D eigenvalue weighted by Gasteiger charge is 2.12. The molecule has 0 fully saturated rings. The van der Waals surface area contributed by atoms with Crippen molar-refractivity contribution in [3.05, 3.63) is 66.5 Å². The van der Waals surface area contributed by atoms with Gasteiger partial charge in [-0.3, -0.25) is 0 Å². The Morgan fingerprint density at radius 1 is 1.20 bits per heavy atom. The zero-order valence-electron chi connectivity index (χ0n) is 13.5. The Balaban J connectivity index is 1.38. The number of furan rings is 1. The average Bonchev–Trinajstić information content (AvgIpc) is 3.42. The van der Waals surface area contributed by atoms with Gasteiger partial charge in [0.05, 0.1) is 30.9 Å². The molecule has 0 aliphatic rings. The largest absolute Gasteiger partial charge is 0.461 e. The lowest BCUT2D eigenvalue weighted by atomic mass is 10.1. The molecule has 0 aliphatic heterocycles. The van der Waals surface area contributed by atoms with Crippen LogP contribution < -0.4 is 5.32 Å². The number of hydrogen-bond acceptors (Lipinski definition) is 7. The van der Waals surface area contributed by atoms with Gasteiger partial charge in [-0.25, -0.2) is 4.68 Å².